The van der Waals surface area contributed by atoms with Crippen LogP contribution in [0.1, 0.15) is 22.9 Å². The number of para-hydroxylation sites is 1. The molecule has 1 aliphatic heterocycles. The monoisotopic (exact) mass is 578 g/mol. The second kappa shape index (κ2) is 10.3. The Morgan fingerprint density at radius 1 is 0.533 bits per heavy atom. The molecule has 9 rings (SSSR count). The van der Waals surface area contributed by atoms with Gasteiger partial charge in [0.2, 0.25) is 0 Å². The SMILES string of the molecule is c1ccc(C2=NC(c3cc(-c4ccccc4)c4ccccc4c3)N=C(c3cccc4oc5cc6ccccc6nc5c34)N2)cc1. The van der Waals surface area contributed by atoms with Crippen molar-refractivity contribution in [3.8, 4) is 11.1 Å². The normalized spacial score (nSPS) is 14.9. The van der Waals surface area contributed by atoms with E-state index in [0.717, 1.165) is 77.8 Å². The van der Waals surface area contributed by atoms with Gasteiger partial charge in [0.05, 0.1) is 10.9 Å². The molecule has 3 heterocycles. The summed E-state index contributed by atoms with van der Waals surface area (Å²) in [6.45, 7) is 0. The molecule has 0 aliphatic carbocycles. The van der Waals surface area contributed by atoms with Crippen LogP contribution in [0.3, 0.4) is 0 Å². The molecule has 1 N–H and O–H groups in total. The molecular weight excluding hydrogens is 552 g/mol. The van der Waals surface area contributed by atoms with Gasteiger partial charge in [0.25, 0.3) is 0 Å². The van der Waals surface area contributed by atoms with Gasteiger partial charge in [-0.15, -0.1) is 0 Å². The van der Waals surface area contributed by atoms with Gasteiger partial charge in [-0.05, 0) is 57.8 Å². The third-order valence-electron chi connectivity index (χ3n) is 8.48. The van der Waals surface area contributed by atoms with Crippen molar-refractivity contribution in [2.75, 3.05) is 0 Å². The standard InChI is InChI=1S/C40H26N4O/c1-3-12-25(13-4-1)32-23-29(22-27-16-7-9-18-30(27)32)39-42-38(26-14-5-2-6-15-26)43-40(44-39)31-19-11-21-34-36(31)37-35(45-34)24-28-17-8-10-20-33(28)41-37/h1-24,39H,(H,42,43,44). The summed E-state index contributed by atoms with van der Waals surface area (Å²) in [5.74, 6) is 1.50. The van der Waals surface area contributed by atoms with Gasteiger partial charge in [0.15, 0.2) is 11.7 Å². The van der Waals surface area contributed by atoms with Crippen LogP contribution in [0.15, 0.2) is 160 Å². The minimum atomic E-state index is -0.467. The zero-order valence-corrected chi connectivity index (χ0v) is 24.2. The quantitative estimate of drug-likeness (QED) is 0.226. The van der Waals surface area contributed by atoms with Crippen molar-refractivity contribution >= 4 is 55.4 Å². The van der Waals surface area contributed by atoms with Crippen LogP contribution in [-0.2, 0) is 0 Å². The Morgan fingerprint density at radius 3 is 2.09 bits per heavy atom. The smallest absolute Gasteiger partial charge is 0.169 e. The number of rotatable bonds is 4. The average Bonchev–Trinajstić information content (AvgIpc) is 3.48. The number of fused-ring (bicyclic) bond motifs is 5. The third-order valence-corrected chi connectivity index (χ3v) is 8.48. The van der Waals surface area contributed by atoms with Gasteiger partial charge >= 0.3 is 0 Å². The Balaban J connectivity index is 1.27. The lowest BCUT2D eigenvalue weighted by Crippen LogP contribution is -2.36. The lowest BCUT2D eigenvalue weighted by Gasteiger charge is -2.23. The van der Waals surface area contributed by atoms with Crippen LogP contribution in [0, 0.1) is 0 Å². The van der Waals surface area contributed by atoms with Crippen LogP contribution in [0.4, 0.5) is 0 Å². The van der Waals surface area contributed by atoms with Crippen LogP contribution >= 0.6 is 0 Å². The molecule has 212 valence electrons. The number of hydrogen-bond donors (Lipinski definition) is 1. The summed E-state index contributed by atoms with van der Waals surface area (Å²) >= 11 is 0. The van der Waals surface area contributed by atoms with E-state index in [0.29, 0.717) is 0 Å². The summed E-state index contributed by atoms with van der Waals surface area (Å²) in [5, 5.41) is 7.91. The summed E-state index contributed by atoms with van der Waals surface area (Å²) in [7, 11) is 0. The molecule has 0 spiro atoms. The highest BCUT2D eigenvalue weighted by atomic mass is 16.3. The Kier molecular flexibility index (Phi) is 5.81. The highest BCUT2D eigenvalue weighted by Crippen LogP contribution is 2.36. The Morgan fingerprint density at radius 2 is 1.24 bits per heavy atom. The second-order valence-electron chi connectivity index (χ2n) is 11.3. The molecular formula is C40H26N4O. The van der Waals surface area contributed by atoms with Gasteiger partial charge in [0, 0.05) is 16.5 Å². The maximum Gasteiger partial charge on any atom is 0.169 e. The number of amidine groups is 2. The maximum absolute atomic E-state index is 6.35. The fourth-order valence-corrected chi connectivity index (χ4v) is 6.35. The zero-order valence-electron chi connectivity index (χ0n) is 24.2. The van der Waals surface area contributed by atoms with E-state index < -0.39 is 6.17 Å². The van der Waals surface area contributed by atoms with Crippen molar-refractivity contribution < 1.29 is 4.42 Å². The first-order chi connectivity index (χ1) is 22.3. The predicted octanol–water partition coefficient (Wildman–Crippen LogP) is 9.45. The van der Waals surface area contributed by atoms with Gasteiger partial charge in [-0.3, -0.25) is 0 Å². The molecule has 45 heavy (non-hydrogen) atoms. The second-order valence-corrected chi connectivity index (χ2v) is 11.3. The minimum absolute atomic E-state index is 0.467. The van der Waals surface area contributed by atoms with E-state index >= 15 is 0 Å². The molecule has 0 amide bonds. The number of furan rings is 1. The molecule has 0 saturated carbocycles. The Hall–Kier alpha value is -6.07. The van der Waals surface area contributed by atoms with Crippen LogP contribution in [0.5, 0.6) is 0 Å². The molecule has 1 atom stereocenters. The molecule has 0 fully saturated rings. The number of aliphatic imine (C=N–C) groups is 2. The highest BCUT2D eigenvalue weighted by molar-refractivity contribution is 6.23. The minimum Gasteiger partial charge on any atom is -0.454 e. The third kappa shape index (κ3) is 4.36. The molecule has 6 aromatic carbocycles. The zero-order chi connectivity index (χ0) is 29.7. The molecule has 0 saturated heterocycles. The maximum atomic E-state index is 6.35. The van der Waals surface area contributed by atoms with Crippen molar-refractivity contribution in [3.05, 3.63) is 162 Å². The Bertz CT molecular complexity index is 2460. The van der Waals surface area contributed by atoms with Gasteiger partial charge in [-0.2, -0.15) is 0 Å². The first-order valence-corrected chi connectivity index (χ1v) is 15.1. The van der Waals surface area contributed by atoms with Crippen LogP contribution in [0.2, 0.25) is 0 Å². The van der Waals surface area contributed by atoms with E-state index in [1.54, 1.807) is 0 Å². The van der Waals surface area contributed by atoms with E-state index in [2.05, 4.69) is 96.3 Å². The van der Waals surface area contributed by atoms with Crippen LogP contribution in [0.25, 0.3) is 54.9 Å². The molecule has 5 nitrogen and oxygen atoms in total. The molecule has 8 aromatic rings. The summed E-state index contributed by atoms with van der Waals surface area (Å²) < 4.78 is 6.35. The van der Waals surface area contributed by atoms with Crippen molar-refractivity contribution in [1.29, 1.82) is 0 Å². The van der Waals surface area contributed by atoms with E-state index in [1.165, 1.54) is 5.39 Å². The van der Waals surface area contributed by atoms with Gasteiger partial charge < -0.3 is 9.73 Å². The summed E-state index contributed by atoms with van der Waals surface area (Å²) in [6, 6.07) is 50.0. The average molecular weight is 579 g/mol. The van der Waals surface area contributed by atoms with E-state index in [9.17, 15) is 0 Å². The highest BCUT2D eigenvalue weighted by Gasteiger charge is 2.25. The Labute approximate surface area is 259 Å². The number of benzene rings is 6. The summed E-state index contributed by atoms with van der Waals surface area (Å²) in [4.78, 5) is 15.5. The summed E-state index contributed by atoms with van der Waals surface area (Å²) in [6.07, 6.45) is -0.467. The lowest BCUT2D eigenvalue weighted by atomic mass is 9.94. The number of aromatic nitrogens is 1. The fraction of sp³-hybridized carbons (Fsp3) is 0.0250. The van der Waals surface area contributed by atoms with Crippen LogP contribution < -0.4 is 5.32 Å². The molecule has 0 bridgehead atoms. The largest absolute Gasteiger partial charge is 0.454 e. The van der Waals surface area contributed by atoms with E-state index in [-0.39, 0.29) is 0 Å². The number of pyridine rings is 1. The van der Waals surface area contributed by atoms with E-state index in [4.69, 9.17) is 19.4 Å². The van der Waals surface area contributed by atoms with Gasteiger partial charge in [0.1, 0.15) is 22.8 Å². The molecule has 1 unspecified atom stereocenters. The molecule has 1 aliphatic rings. The first kappa shape index (κ1) is 25.4. The van der Waals surface area contributed by atoms with Crippen molar-refractivity contribution in [2.24, 2.45) is 9.98 Å². The van der Waals surface area contributed by atoms with Gasteiger partial charge in [-0.25, -0.2) is 15.0 Å². The van der Waals surface area contributed by atoms with Crippen molar-refractivity contribution in [2.45, 2.75) is 6.17 Å². The summed E-state index contributed by atoms with van der Waals surface area (Å²) in [5.41, 5.74) is 8.53. The van der Waals surface area contributed by atoms with Crippen molar-refractivity contribution in [1.82, 2.24) is 10.3 Å². The number of hydrogen-bond acceptors (Lipinski definition) is 5. The number of nitrogens with one attached hydrogen (secondary N) is 1. The number of nitrogens with zero attached hydrogens (tertiary/aromatic N) is 3. The molecule has 0 radical (unpaired) electrons. The lowest BCUT2D eigenvalue weighted by molar-refractivity contribution is 0.668. The van der Waals surface area contributed by atoms with Crippen LogP contribution in [-0.4, -0.2) is 16.7 Å². The molecule has 5 heteroatoms. The topological polar surface area (TPSA) is 62.8 Å². The van der Waals surface area contributed by atoms with E-state index in [1.807, 2.05) is 54.6 Å². The fourth-order valence-electron chi connectivity index (χ4n) is 6.35. The predicted molar refractivity (Wildman–Crippen MR) is 184 cm³/mol. The van der Waals surface area contributed by atoms with Gasteiger partial charge in [-0.1, -0.05) is 115 Å². The molecule has 2 aromatic heterocycles. The first-order valence-electron chi connectivity index (χ1n) is 15.1. The van der Waals surface area contributed by atoms with Crippen molar-refractivity contribution in [3.63, 3.8) is 0 Å².